The number of carboxylic acid groups (broad SMARTS) is 1. The topological polar surface area (TPSA) is 53.4 Å². The number of hydrogen-bond acceptors (Lipinski definition) is 4. The number of carboxylic acids is 1. The molecule has 2 rings (SSSR count). The second kappa shape index (κ2) is 7.55. The molecule has 4 nitrogen and oxygen atoms in total. The summed E-state index contributed by atoms with van der Waals surface area (Å²) in [5.74, 6) is 1.11. The first-order valence-corrected chi connectivity index (χ1v) is 9.11. The summed E-state index contributed by atoms with van der Waals surface area (Å²) in [6.45, 7) is 12.1. The molecule has 1 aliphatic heterocycles. The molecule has 22 heavy (non-hydrogen) atoms. The van der Waals surface area contributed by atoms with Crippen molar-refractivity contribution in [3.8, 4) is 0 Å². The van der Waals surface area contributed by atoms with E-state index in [1.807, 2.05) is 0 Å². The van der Waals surface area contributed by atoms with E-state index in [1.165, 1.54) is 17.8 Å². The molecule has 0 saturated carbocycles. The Bertz CT molecular complexity index is 503. The monoisotopic (exact) mass is 324 g/mol. The van der Waals surface area contributed by atoms with Gasteiger partial charge < -0.3 is 10.0 Å². The number of nitrogens with zero attached hydrogens (tertiary/aromatic N) is 2. The molecule has 1 aromatic rings. The predicted octanol–water partition coefficient (Wildman–Crippen LogP) is 3.56. The zero-order valence-electron chi connectivity index (χ0n) is 14.1. The molecule has 0 radical (unpaired) electrons. The summed E-state index contributed by atoms with van der Waals surface area (Å²) in [6, 6.07) is 0. The van der Waals surface area contributed by atoms with E-state index in [0.29, 0.717) is 10.8 Å². The minimum absolute atomic E-state index is 0.428. The number of likely N-dealkylation sites (tertiary alicyclic amines) is 1. The van der Waals surface area contributed by atoms with Gasteiger partial charge in [0.15, 0.2) is 0 Å². The summed E-state index contributed by atoms with van der Waals surface area (Å²) in [5.41, 5.74) is 0.767. The molecule has 0 amide bonds. The molecule has 2 unspecified atom stereocenters. The van der Waals surface area contributed by atoms with Crippen LogP contribution < -0.4 is 0 Å². The number of thiazole rings is 1. The first-order chi connectivity index (χ1) is 10.3. The quantitative estimate of drug-likeness (QED) is 0.869. The summed E-state index contributed by atoms with van der Waals surface area (Å²) >= 11 is 1.36. The van der Waals surface area contributed by atoms with Gasteiger partial charge in [0.1, 0.15) is 4.88 Å². The van der Waals surface area contributed by atoms with Gasteiger partial charge in [-0.15, -0.1) is 11.3 Å². The molecule has 5 heteroatoms. The lowest BCUT2D eigenvalue weighted by Crippen LogP contribution is -2.39. The summed E-state index contributed by atoms with van der Waals surface area (Å²) < 4.78 is 0. The standard InChI is InChI=1S/C17H28N2O2S/c1-11(2)7-14-16(17(20)21)22-15(18-14)5-6-19-9-12(3)8-13(4)10-19/h11-13H,5-10H2,1-4H3,(H,20,21). The summed E-state index contributed by atoms with van der Waals surface area (Å²) in [7, 11) is 0. The zero-order chi connectivity index (χ0) is 16.3. The van der Waals surface area contributed by atoms with Gasteiger partial charge in [-0.25, -0.2) is 9.78 Å². The van der Waals surface area contributed by atoms with Crippen molar-refractivity contribution in [3.63, 3.8) is 0 Å². The Morgan fingerprint density at radius 2 is 2.00 bits per heavy atom. The van der Waals surface area contributed by atoms with Crippen molar-refractivity contribution >= 4 is 17.3 Å². The van der Waals surface area contributed by atoms with Crippen molar-refractivity contribution in [3.05, 3.63) is 15.6 Å². The molecular formula is C17H28N2O2S. The molecule has 2 heterocycles. The van der Waals surface area contributed by atoms with Crippen molar-refractivity contribution < 1.29 is 9.90 Å². The minimum atomic E-state index is -0.834. The third-order valence-corrected chi connectivity index (χ3v) is 5.27. The van der Waals surface area contributed by atoms with E-state index in [-0.39, 0.29) is 0 Å². The average molecular weight is 324 g/mol. The van der Waals surface area contributed by atoms with Crippen LogP contribution in [0.25, 0.3) is 0 Å². The van der Waals surface area contributed by atoms with Crippen LogP contribution in [0.2, 0.25) is 0 Å². The summed E-state index contributed by atoms with van der Waals surface area (Å²) in [5, 5.41) is 10.3. The van der Waals surface area contributed by atoms with Crippen molar-refractivity contribution in [2.75, 3.05) is 19.6 Å². The lowest BCUT2D eigenvalue weighted by molar-refractivity contribution is 0.0700. The van der Waals surface area contributed by atoms with E-state index in [4.69, 9.17) is 0 Å². The smallest absolute Gasteiger partial charge is 0.347 e. The van der Waals surface area contributed by atoms with Gasteiger partial charge in [-0.1, -0.05) is 27.7 Å². The number of hydrogen-bond donors (Lipinski definition) is 1. The fourth-order valence-corrected chi connectivity index (χ4v) is 4.35. The molecule has 1 aromatic heterocycles. The first-order valence-electron chi connectivity index (χ1n) is 8.29. The van der Waals surface area contributed by atoms with Crippen LogP contribution in [0.1, 0.15) is 54.5 Å². The summed E-state index contributed by atoms with van der Waals surface area (Å²) in [6.07, 6.45) is 2.92. The van der Waals surface area contributed by atoms with Gasteiger partial charge in [-0.05, 0) is 30.6 Å². The second-order valence-electron chi connectivity index (χ2n) is 7.24. The molecule has 2 atom stereocenters. The van der Waals surface area contributed by atoms with Crippen molar-refractivity contribution in [1.82, 2.24) is 9.88 Å². The Kier molecular flexibility index (Phi) is 5.98. The average Bonchev–Trinajstić information content (AvgIpc) is 2.77. The Hall–Kier alpha value is -0.940. The number of rotatable bonds is 6. The highest BCUT2D eigenvalue weighted by Gasteiger charge is 2.23. The minimum Gasteiger partial charge on any atom is -0.477 e. The van der Waals surface area contributed by atoms with Crippen LogP contribution in [0, 0.1) is 17.8 Å². The van der Waals surface area contributed by atoms with E-state index in [9.17, 15) is 9.90 Å². The van der Waals surface area contributed by atoms with Crippen molar-refractivity contribution in [1.29, 1.82) is 0 Å². The lowest BCUT2D eigenvalue weighted by atomic mass is 9.92. The number of aromatic nitrogens is 1. The molecule has 124 valence electrons. The van der Waals surface area contributed by atoms with Crippen LogP contribution >= 0.6 is 11.3 Å². The third-order valence-electron chi connectivity index (χ3n) is 4.12. The van der Waals surface area contributed by atoms with Crippen LogP contribution in [0.5, 0.6) is 0 Å². The second-order valence-corrected chi connectivity index (χ2v) is 8.33. The highest BCUT2D eigenvalue weighted by atomic mass is 32.1. The van der Waals surface area contributed by atoms with Gasteiger partial charge in [0, 0.05) is 26.1 Å². The van der Waals surface area contributed by atoms with Crippen LogP contribution in [-0.2, 0) is 12.8 Å². The maximum atomic E-state index is 11.4. The Morgan fingerprint density at radius 3 is 2.55 bits per heavy atom. The normalized spacial score (nSPS) is 23.1. The van der Waals surface area contributed by atoms with Crippen LogP contribution in [-0.4, -0.2) is 40.6 Å². The van der Waals surface area contributed by atoms with E-state index in [2.05, 4.69) is 37.6 Å². The Balaban J connectivity index is 1.99. The van der Waals surface area contributed by atoms with E-state index < -0.39 is 5.97 Å². The number of carbonyl (C=O) groups is 1. The van der Waals surface area contributed by atoms with Crippen LogP contribution in [0.4, 0.5) is 0 Å². The zero-order valence-corrected chi connectivity index (χ0v) is 14.9. The van der Waals surface area contributed by atoms with Gasteiger partial charge in [-0.3, -0.25) is 0 Å². The number of aromatic carboxylic acids is 1. The van der Waals surface area contributed by atoms with Gasteiger partial charge in [0.25, 0.3) is 0 Å². The van der Waals surface area contributed by atoms with Crippen molar-refractivity contribution in [2.45, 2.75) is 47.0 Å². The van der Waals surface area contributed by atoms with Crippen LogP contribution in [0.3, 0.4) is 0 Å². The van der Waals surface area contributed by atoms with E-state index in [1.54, 1.807) is 0 Å². The fourth-order valence-electron chi connectivity index (χ4n) is 3.43. The molecule has 0 bridgehead atoms. The molecule has 1 N–H and O–H groups in total. The lowest BCUT2D eigenvalue weighted by Gasteiger charge is -2.34. The van der Waals surface area contributed by atoms with Gasteiger partial charge in [-0.2, -0.15) is 0 Å². The number of piperidine rings is 1. The van der Waals surface area contributed by atoms with Gasteiger partial charge in [0.2, 0.25) is 0 Å². The molecule has 1 fully saturated rings. The Labute approximate surface area is 137 Å². The van der Waals surface area contributed by atoms with Crippen LogP contribution in [0.15, 0.2) is 0 Å². The SMILES string of the molecule is CC(C)Cc1nc(CCN2CC(C)CC(C)C2)sc1C(=O)O. The largest absolute Gasteiger partial charge is 0.477 e. The summed E-state index contributed by atoms with van der Waals surface area (Å²) in [4.78, 5) is 18.9. The molecule has 0 spiro atoms. The predicted molar refractivity (Wildman–Crippen MR) is 90.7 cm³/mol. The van der Waals surface area contributed by atoms with Gasteiger partial charge in [0.05, 0.1) is 10.7 Å². The van der Waals surface area contributed by atoms with E-state index >= 15 is 0 Å². The fraction of sp³-hybridized carbons (Fsp3) is 0.765. The van der Waals surface area contributed by atoms with E-state index in [0.717, 1.165) is 55.0 Å². The van der Waals surface area contributed by atoms with Gasteiger partial charge >= 0.3 is 5.97 Å². The highest BCUT2D eigenvalue weighted by Crippen LogP contribution is 2.24. The molecule has 0 aliphatic carbocycles. The molecule has 1 aliphatic rings. The maximum Gasteiger partial charge on any atom is 0.347 e. The Morgan fingerprint density at radius 1 is 1.36 bits per heavy atom. The van der Waals surface area contributed by atoms with Crippen molar-refractivity contribution in [2.24, 2.45) is 17.8 Å². The maximum absolute atomic E-state index is 11.4. The highest BCUT2D eigenvalue weighted by molar-refractivity contribution is 7.13. The molecular weight excluding hydrogens is 296 g/mol. The third kappa shape index (κ3) is 4.78. The molecule has 1 saturated heterocycles. The first kappa shape index (κ1) is 17.4. The molecule has 0 aromatic carbocycles.